The zero-order valence-corrected chi connectivity index (χ0v) is 12.0. The highest BCUT2D eigenvalue weighted by atomic mass is 79.9. The molecule has 0 unspecified atom stereocenters. The number of halogens is 1. The molecule has 1 aliphatic carbocycles. The summed E-state index contributed by atoms with van der Waals surface area (Å²) in [5.41, 5.74) is 0. The van der Waals surface area contributed by atoms with Gasteiger partial charge in [0, 0.05) is 19.8 Å². The SMILES string of the molecule is CC(=O)OC1(Oc2ccccc2Br)CCCCC1. The van der Waals surface area contributed by atoms with Gasteiger partial charge in [0.2, 0.25) is 0 Å². The van der Waals surface area contributed by atoms with Gasteiger partial charge in [0.25, 0.3) is 5.79 Å². The fourth-order valence-electron chi connectivity index (χ4n) is 2.31. The second kappa shape index (κ2) is 5.74. The highest BCUT2D eigenvalue weighted by Crippen LogP contribution is 2.36. The number of ether oxygens (including phenoxy) is 2. The second-order valence-corrected chi connectivity index (χ2v) is 5.45. The maximum absolute atomic E-state index is 11.3. The minimum absolute atomic E-state index is 0.288. The molecule has 2 rings (SSSR count). The van der Waals surface area contributed by atoms with Crippen LogP contribution in [0.3, 0.4) is 0 Å². The van der Waals surface area contributed by atoms with E-state index in [0.717, 1.165) is 35.9 Å². The van der Waals surface area contributed by atoms with Crippen molar-refractivity contribution in [2.24, 2.45) is 0 Å². The van der Waals surface area contributed by atoms with Gasteiger partial charge < -0.3 is 9.47 Å². The van der Waals surface area contributed by atoms with Crippen LogP contribution in [0.15, 0.2) is 28.7 Å². The zero-order chi connectivity index (χ0) is 13.0. The van der Waals surface area contributed by atoms with Crippen LogP contribution in [0.25, 0.3) is 0 Å². The maximum atomic E-state index is 11.3. The summed E-state index contributed by atoms with van der Waals surface area (Å²) < 4.78 is 12.3. The van der Waals surface area contributed by atoms with Crippen molar-refractivity contribution >= 4 is 21.9 Å². The van der Waals surface area contributed by atoms with Gasteiger partial charge in [-0.3, -0.25) is 4.79 Å². The van der Waals surface area contributed by atoms with E-state index in [-0.39, 0.29) is 5.97 Å². The molecule has 0 atom stereocenters. The molecular formula is C14H17BrO3. The standard InChI is InChI=1S/C14H17BrO3/c1-11(16)17-14(9-5-2-6-10-14)18-13-8-4-3-7-12(13)15/h3-4,7-8H,2,5-6,9-10H2,1H3. The Hall–Kier alpha value is -1.03. The van der Waals surface area contributed by atoms with Crippen molar-refractivity contribution < 1.29 is 14.3 Å². The first-order valence-electron chi connectivity index (χ1n) is 6.24. The molecule has 0 aromatic heterocycles. The lowest BCUT2D eigenvalue weighted by molar-refractivity contribution is -0.206. The van der Waals surface area contributed by atoms with Crippen LogP contribution in [0.2, 0.25) is 0 Å². The van der Waals surface area contributed by atoms with Crippen LogP contribution in [-0.2, 0) is 9.53 Å². The van der Waals surface area contributed by atoms with Gasteiger partial charge in [0.1, 0.15) is 5.75 Å². The van der Waals surface area contributed by atoms with Gasteiger partial charge in [-0.15, -0.1) is 0 Å². The Morgan fingerprint density at radius 3 is 2.50 bits per heavy atom. The monoisotopic (exact) mass is 312 g/mol. The third-order valence-corrected chi connectivity index (χ3v) is 3.73. The summed E-state index contributed by atoms with van der Waals surface area (Å²) in [5.74, 6) is -0.349. The van der Waals surface area contributed by atoms with Gasteiger partial charge in [0.05, 0.1) is 4.47 Å². The number of rotatable bonds is 3. The summed E-state index contributed by atoms with van der Waals surface area (Å²) in [7, 11) is 0. The van der Waals surface area contributed by atoms with E-state index in [1.807, 2.05) is 24.3 Å². The normalized spacial score (nSPS) is 18.1. The average molecular weight is 313 g/mol. The minimum Gasteiger partial charge on any atom is -0.451 e. The fraction of sp³-hybridized carbons (Fsp3) is 0.500. The summed E-state index contributed by atoms with van der Waals surface area (Å²) in [6, 6.07) is 7.63. The molecule has 1 aromatic rings. The van der Waals surface area contributed by atoms with Crippen LogP contribution in [0.1, 0.15) is 39.0 Å². The van der Waals surface area contributed by atoms with Crippen molar-refractivity contribution in [3.05, 3.63) is 28.7 Å². The van der Waals surface area contributed by atoms with Crippen molar-refractivity contribution in [3.8, 4) is 5.75 Å². The topological polar surface area (TPSA) is 35.5 Å². The smallest absolute Gasteiger partial charge is 0.305 e. The molecule has 1 aromatic carbocycles. The molecule has 0 amide bonds. The molecule has 1 aliphatic rings. The lowest BCUT2D eigenvalue weighted by Gasteiger charge is -2.36. The Labute approximate surface area is 116 Å². The molecule has 0 heterocycles. The van der Waals surface area contributed by atoms with Gasteiger partial charge in [-0.1, -0.05) is 18.6 Å². The number of hydrogen-bond donors (Lipinski definition) is 0. The van der Waals surface area contributed by atoms with Gasteiger partial charge in [-0.25, -0.2) is 0 Å². The molecule has 0 bridgehead atoms. The van der Waals surface area contributed by atoms with Crippen LogP contribution >= 0.6 is 15.9 Å². The lowest BCUT2D eigenvalue weighted by Crippen LogP contribution is -2.42. The average Bonchev–Trinajstić information content (AvgIpc) is 2.32. The Morgan fingerprint density at radius 1 is 1.22 bits per heavy atom. The third-order valence-electron chi connectivity index (χ3n) is 3.08. The summed E-state index contributed by atoms with van der Waals surface area (Å²) >= 11 is 3.45. The number of carbonyl (C=O) groups excluding carboxylic acids is 1. The number of hydrogen-bond acceptors (Lipinski definition) is 3. The molecule has 4 heteroatoms. The van der Waals surface area contributed by atoms with E-state index < -0.39 is 5.79 Å². The van der Waals surface area contributed by atoms with Crippen LogP contribution in [0.5, 0.6) is 5.75 Å². The first kappa shape index (κ1) is 13.4. The Kier molecular flexibility index (Phi) is 4.27. The quantitative estimate of drug-likeness (QED) is 0.624. The van der Waals surface area contributed by atoms with Crippen molar-refractivity contribution in [1.82, 2.24) is 0 Å². The zero-order valence-electron chi connectivity index (χ0n) is 10.4. The molecule has 1 fully saturated rings. The van der Waals surface area contributed by atoms with Gasteiger partial charge in [-0.05, 0) is 40.9 Å². The van der Waals surface area contributed by atoms with Gasteiger partial charge in [0.15, 0.2) is 0 Å². The molecule has 3 nitrogen and oxygen atoms in total. The molecule has 0 aliphatic heterocycles. The minimum atomic E-state index is -0.784. The van der Waals surface area contributed by atoms with E-state index >= 15 is 0 Å². The van der Waals surface area contributed by atoms with E-state index in [1.165, 1.54) is 13.3 Å². The van der Waals surface area contributed by atoms with Crippen LogP contribution in [-0.4, -0.2) is 11.8 Å². The van der Waals surface area contributed by atoms with E-state index in [1.54, 1.807) is 0 Å². The van der Waals surface area contributed by atoms with Crippen molar-refractivity contribution in [1.29, 1.82) is 0 Å². The Balaban J connectivity index is 2.19. The van der Waals surface area contributed by atoms with Crippen LogP contribution in [0.4, 0.5) is 0 Å². The summed E-state index contributed by atoms with van der Waals surface area (Å²) in [6.07, 6.45) is 4.74. The second-order valence-electron chi connectivity index (χ2n) is 4.60. The summed E-state index contributed by atoms with van der Waals surface area (Å²) in [6.45, 7) is 1.43. The highest BCUT2D eigenvalue weighted by Gasteiger charge is 2.38. The molecule has 0 spiro atoms. The first-order chi connectivity index (χ1) is 8.61. The van der Waals surface area contributed by atoms with E-state index in [4.69, 9.17) is 9.47 Å². The van der Waals surface area contributed by atoms with Crippen molar-refractivity contribution in [3.63, 3.8) is 0 Å². The number of esters is 1. The Morgan fingerprint density at radius 2 is 1.89 bits per heavy atom. The van der Waals surface area contributed by atoms with Crippen molar-refractivity contribution in [2.45, 2.75) is 44.8 Å². The predicted molar refractivity (Wildman–Crippen MR) is 72.4 cm³/mol. The van der Waals surface area contributed by atoms with E-state index in [0.29, 0.717) is 0 Å². The number of para-hydroxylation sites is 1. The van der Waals surface area contributed by atoms with E-state index in [9.17, 15) is 4.79 Å². The summed E-state index contributed by atoms with van der Waals surface area (Å²) in [5, 5.41) is 0. The van der Waals surface area contributed by atoms with Gasteiger partial charge >= 0.3 is 5.97 Å². The Bertz CT molecular complexity index is 425. The molecule has 1 saturated carbocycles. The molecule has 98 valence electrons. The molecule has 0 N–H and O–H groups in total. The van der Waals surface area contributed by atoms with Crippen LogP contribution in [0, 0.1) is 0 Å². The molecular weight excluding hydrogens is 296 g/mol. The highest BCUT2D eigenvalue weighted by molar-refractivity contribution is 9.10. The largest absolute Gasteiger partial charge is 0.451 e. The fourth-order valence-corrected chi connectivity index (χ4v) is 2.67. The number of benzene rings is 1. The lowest BCUT2D eigenvalue weighted by atomic mass is 9.94. The van der Waals surface area contributed by atoms with Crippen molar-refractivity contribution in [2.75, 3.05) is 0 Å². The predicted octanol–water partition coefficient (Wildman–Crippen LogP) is 4.05. The van der Waals surface area contributed by atoms with Crippen LogP contribution < -0.4 is 4.74 Å². The molecule has 0 radical (unpaired) electrons. The third kappa shape index (κ3) is 3.25. The number of carbonyl (C=O) groups is 1. The maximum Gasteiger partial charge on any atom is 0.305 e. The first-order valence-corrected chi connectivity index (χ1v) is 7.04. The summed E-state index contributed by atoms with van der Waals surface area (Å²) in [4.78, 5) is 11.3. The molecule has 0 saturated heterocycles. The molecule has 18 heavy (non-hydrogen) atoms. The van der Waals surface area contributed by atoms with Gasteiger partial charge in [-0.2, -0.15) is 0 Å². The van der Waals surface area contributed by atoms with E-state index in [2.05, 4.69) is 15.9 Å².